The fourth-order valence-electron chi connectivity index (χ4n) is 2.94. The number of aryl methyl sites for hydroxylation is 2. The highest BCUT2D eigenvalue weighted by Crippen LogP contribution is 2.22. The van der Waals surface area contributed by atoms with E-state index < -0.39 is 0 Å². The van der Waals surface area contributed by atoms with Crippen LogP contribution in [-0.2, 0) is 11.2 Å². The van der Waals surface area contributed by atoms with E-state index in [2.05, 4.69) is 36.5 Å². The van der Waals surface area contributed by atoms with Crippen molar-refractivity contribution in [2.75, 3.05) is 26.2 Å². The van der Waals surface area contributed by atoms with E-state index in [1.54, 1.807) is 0 Å². The molecule has 1 aliphatic rings. The van der Waals surface area contributed by atoms with Gasteiger partial charge in [0.05, 0.1) is 6.54 Å². The van der Waals surface area contributed by atoms with Crippen molar-refractivity contribution < 1.29 is 4.79 Å². The number of piperidine rings is 1. The Morgan fingerprint density at radius 2 is 1.90 bits per heavy atom. The van der Waals surface area contributed by atoms with E-state index in [1.165, 1.54) is 17.5 Å². The highest BCUT2D eigenvalue weighted by molar-refractivity contribution is 5.78. The van der Waals surface area contributed by atoms with Crippen molar-refractivity contribution in [2.45, 2.75) is 39.5 Å². The lowest BCUT2D eigenvalue weighted by atomic mass is 9.90. The maximum atomic E-state index is 11.9. The van der Waals surface area contributed by atoms with Crippen molar-refractivity contribution >= 4 is 5.91 Å². The first-order valence-corrected chi connectivity index (χ1v) is 8.23. The van der Waals surface area contributed by atoms with Gasteiger partial charge in [-0.2, -0.15) is 0 Å². The molecular formula is C18H28N2O. The Morgan fingerprint density at radius 3 is 2.52 bits per heavy atom. The number of likely N-dealkylation sites (N-methyl/N-ethyl adjacent to an activating group) is 1. The number of hydrogen-bond acceptors (Lipinski definition) is 2. The van der Waals surface area contributed by atoms with Crippen molar-refractivity contribution in [3.05, 3.63) is 35.4 Å². The van der Waals surface area contributed by atoms with Crippen LogP contribution >= 0.6 is 0 Å². The zero-order valence-electron chi connectivity index (χ0n) is 13.4. The molecule has 0 bridgehead atoms. The first-order valence-electron chi connectivity index (χ1n) is 8.23. The van der Waals surface area contributed by atoms with Crippen molar-refractivity contribution in [2.24, 2.45) is 5.92 Å². The van der Waals surface area contributed by atoms with Gasteiger partial charge in [-0.3, -0.25) is 4.79 Å². The van der Waals surface area contributed by atoms with Gasteiger partial charge < -0.3 is 10.2 Å². The Morgan fingerprint density at radius 1 is 1.24 bits per heavy atom. The summed E-state index contributed by atoms with van der Waals surface area (Å²) in [4.78, 5) is 14.0. The Kier molecular flexibility index (Phi) is 6.24. The van der Waals surface area contributed by atoms with Gasteiger partial charge in [0, 0.05) is 13.1 Å². The molecule has 0 saturated carbocycles. The molecule has 0 aliphatic carbocycles. The van der Waals surface area contributed by atoms with Crippen LogP contribution in [0.15, 0.2) is 24.3 Å². The summed E-state index contributed by atoms with van der Waals surface area (Å²) in [6, 6.07) is 8.86. The van der Waals surface area contributed by atoms with Crippen LogP contribution < -0.4 is 5.32 Å². The van der Waals surface area contributed by atoms with E-state index in [9.17, 15) is 4.79 Å². The van der Waals surface area contributed by atoms with Gasteiger partial charge >= 0.3 is 0 Å². The van der Waals surface area contributed by atoms with Gasteiger partial charge in [0.2, 0.25) is 5.91 Å². The Bertz CT molecular complexity index is 433. The normalized spacial score (nSPS) is 16.2. The molecule has 1 aromatic carbocycles. The second kappa shape index (κ2) is 8.18. The average Bonchev–Trinajstić information content (AvgIpc) is 2.52. The van der Waals surface area contributed by atoms with Crippen LogP contribution in [0.1, 0.15) is 37.3 Å². The number of rotatable bonds is 6. The van der Waals surface area contributed by atoms with E-state index in [-0.39, 0.29) is 5.91 Å². The van der Waals surface area contributed by atoms with Gasteiger partial charge in [-0.05, 0) is 50.6 Å². The summed E-state index contributed by atoms with van der Waals surface area (Å²) in [6.45, 7) is 7.38. The maximum absolute atomic E-state index is 11.9. The first-order chi connectivity index (χ1) is 10.2. The van der Waals surface area contributed by atoms with Gasteiger partial charge in [-0.1, -0.05) is 36.8 Å². The van der Waals surface area contributed by atoms with Gasteiger partial charge in [0.1, 0.15) is 0 Å². The molecule has 1 fully saturated rings. The monoisotopic (exact) mass is 288 g/mol. The summed E-state index contributed by atoms with van der Waals surface area (Å²) in [5.74, 6) is 1.03. The summed E-state index contributed by atoms with van der Waals surface area (Å²) in [7, 11) is 0. The molecule has 3 heteroatoms. The maximum Gasteiger partial charge on any atom is 0.236 e. The van der Waals surface area contributed by atoms with Crippen LogP contribution in [0.2, 0.25) is 0 Å². The Hall–Kier alpha value is -1.35. The van der Waals surface area contributed by atoms with Gasteiger partial charge in [0.15, 0.2) is 0 Å². The lowest BCUT2D eigenvalue weighted by molar-refractivity contribution is -0.131. The zero-order valence-corrected chi connectivity index (χ0v) is 13.4. The van der Waals surface area contributed by atoms with E-state index in [1.807, 2.05) is 11.8 Å². The second-order valence-corrected chi connectivity index (χ2v) is 6.13. The van der Waals surface area contributed by atoms with Crippen LogP contribution in [0.5, 0.6) is 0 Å². The van der Waals surface area contributed by atoms with Crippen molar-refractivity contribution in [1.82, 2.24) is 10.2 Å². The van der Waals surface area contributed by atoms with E-state index in [0.29, 0.717) is 6.54 Å². The number of amides is 1. The lowest BCUT2D eigenvalue weighted by Gasteiger charge is -2.32. The van der Waals surface area contributed by atoms with Crippen LogP contribution in [-0.4, -0.2) is 37.0 Å². The van der Waals surface area contributed by atoms with Crippen LogP contribution in [0.25, 0.3) is 0 Å². The fourth-order valence-corrected chi connectivity index (χ4v) is 2.94. The smallest absolute Gasteiger partial charge is 0.236 e. The Labute approximate surface area is 128 Å². The summed E-state index contributed by atoms with van der Waals surface area (Å²) in [5.41, 5.74) is 2.76. The molecule has 116 valence electrons. The number of carbonyl (C=O) groups excluding carboxylic acids is 1. The minimum absolute atomic E-state index is 0.258. The third-order valence-corrected chi connectivity index (χ3v) is 4.46. The van der Waals surface area contributed by atoms with E-state index >= 15 is 0 Å². The molecule has 1 saturated heterocycles. The molecular weight excluding hydrogens is 260 g/mol. The minimum Gasteiger partial charge on any atom is -0.342 e. The van der Waals surface area contributed by atoms with Crippen molar-refractivity contribution in [1.29, 1.82) is 0 Å². The Balaban J connectivity index is 1.69. The molecule has 1 heterocycles. The van der Waals surface area contributed by atoms with Crippen LogP contribution in [0.4, 0.5) is 0 Å². The zero-order chi connectivity index (χ0) is 15.1. The van der Waals surface area contributed by atoms with Gasteiger partial charge in [-0.25, -0.2) is 0 Å². The van der Waals surface area contributed by atoms with E-state index in [4.69, 9.17) is 0 Å². The molecule has 21 heavy (non-hydrogen) atoms. The number of likely N-dealkylation sites (tertiary alicyclic amines) is 1. The van der Waals surface area contributed by atoms with Crippen LogP contribution in [0, 0.1) is 12.8 Å². The number of nitrogens with zero attached hydrogens (tertiary/aromatic N) is 1. The topological polar surface area (TPSA) is 32.3 Å². The molecule has 0 unspecified atom stereocenters. The van der Waals surface area contributed by atoms with E-state index in [0.717, 1.165) is 44.8 Å². The summed E-state index contributed by atoms with van der Waals surface area (Å²) in [6.07, 6.45) is 4.72. The van der Waals surface area contributed by atoms with Crippen molar-refractivity contribution in [3.8, 4) is 0 Å². The third kappa shape index (κ3) is 5.16. The molecule has 1 N–H and O–H groups in total. The largest absolute Gasteiger partial charge is 0.342 e. The number of benzene rings is 1. The molecule has 1 amide bonds. The molecule has 3 nitrogen and oxygen atoms in total. The fraction of sp³-hybridized carbons (Fsp3) is 0.611. The highest BCUT2D eigenvalue weighted by atomic mass is 16.2. The highest BCUT2D eigenvalue weighted by Gasteiger charge is 2.22. The third-order valence-electron chi connectivity index (χ3n) is 4.46. The predicted molar refractivity (Wildman–Crippen MR) is 87.3 cm³/mol. The lowest BCUT2D eigenvalue weighted by Crippen LogP contribution is -2.42. The van der Waals surface area contributed by atoms with Crippen molar-refractivity contribution in [3.63, 3.8) is 0 Å². The quantitative estimate of drug-likeness (QED) is 0.873. The summed E-state index contributed by atoms with van der Waals surface area (Å²) in [5, 5.41) is 3.12. The number of hydrogen-bond donors (Lipinski definition) is 1. The molecule has 1 aromatic rings. The molecule has 1 aliphatic heterocycles. The molecule has 0 spiro atoms. The van der Waals surface area contributed by atoms with Crippen LogP contribution in [0.3, 0.4) is 0 Å². The standard InChI is InChI=1S/C18H28N2O/c1-3-19-14-18(21)20-12-10-17(11-13-20)9-8-16-6-4-15(2)5-7-16/h4-7,17,19H,3,8-14H2,1-2H3. The molecule has 0 atom stereocenters. The second-order valence-electron chi connectivity index (χ2n) is 6.13. The first kappa shape index (κ1) is 16.0. The molecule has 2 rings (SSSR count). The predicted octanol–water partition coefficient (Wildman–Crippen LogP) is 2.78. The minimum atomic E-state index is 0.258. The summed E-state index contributed by atoms with van der Waals surface area (Å²) >= 11 is 0. The molecule has 0 radical (unpaired) electrons. The number of nitrogens with one attached hydrogen (secondary N) is 1. The average molecular weight is 288 g/mol. The van der Waals surface area contributed by atoms with Gasteiger partial charge in [-0.15, -0.1) is 0 Å². The molecule has 0 aromatic heterocycles. The number of carbonyl (C=O) groups is 1. The SMILES string of the molecule is CCNCC(=O)N1CCC(CCc2ccc(C)cc2)CC1. The van der Waals surface area contributed by atoms with Gasteiger partial charge in [0.25, 0.3) is 0 Å². The summed E-state index contributed by atoms with van der Waals surface area (Å²) < 4.78 is 0.